The molecule has 2 heterocycles. The van der Waals surface area contributed by atoms with Crippen molar-refractivity contribution < 1.29 is 23.6 Å². The number of hydrogen-bond acceptors (Lipinski definition) is 6. The molecule has 0 spiro atoms. The highest BCUT2D eigenvalue weighted by molar-refractivity contribution is 6.06. The molecule has 1 aromatic carbocycles. The van der Waals surface area contributed by atoms with Gasteiger partial charge in [-0.05, 0) is 26.0 Å². The van der Waals surface area contributed by atoms with Crippen molar-refractivity contribution in [2.24, 2.45) is 0 Å². The Labute approximate surface area is 160 Å². The number of urea groups is 1. The van der Waals surface area contributed by atoms with Gasteiger partial charge in [0.05, 0.1) is 0 Å². The number of aromatic nitrogens is 1. The van der Waals surface area contributed by atoms with E-state index in [0.29, 0.717) is 11.5 Å². The summed E-state index contributed by atoms with van der Waals surface area (Å²) < 4.78 is 5.52. The van der Waals surface area contributed by atoms with E-state index < -0.39 is 29.3 Å². The van der Waals surface area contributed by atoms with Gasteiger partial charge in [-0.15, -0.1) is 0 Å². The first-order valence-corrected chi connectivity index (χ1v) is 8.82. The summed E-state index contributed by atoms with van der Waals surface area (Å²) in [5.74, 6) is -0.885. The maximum Gasteiger partial charge on any atom is 0.325 e. The van der Waals surface area contributed by atoms with Crippen LogP contribution in [0, 0.1) is 0 Å². The van der Waals surface area contributed by atoms with Gasteiger partial charge in [0.1, 0.15) is 11.1 Å². The number of nitrogens with one attached hydrogen (secondary N) is 3. The highest BCUT2D eigenvalue weighted by Gasteiger charge is 2.43. The molecule has 0 aliphatic carbocycles. The minimum Gasteiger partial charge on any atom is -0.441 e. The van der Waals surface area contributed by atoms with Crippen molar-refractivity contribution in [3.63, 3.8) is 0 Å². The van der Waals surface area contributed by atoms with Crippen LogP contribution in [0.15, 0.2) is 28.7 Å². The summed E-state index contributed by atoms with van der Waals surface area (Å²) in [5.41, 5.74) is 4.93. The number of carbonyl (C=O) groups excluding carboxylic acids is 4. The van der Waals surface area contributed by atoms with Crippen molar-refractivity contribution in [1.82, 2.24) is 26.1 Å². The summed E-state index contributed by atoms with van der Waals surface area (Å²) in [7, 11) is 0. The van der Waals surface area contributed by atoms with Crippen molar-refractivity contribution in [2.45, 2.75) is 38.6 Å². The fourth-order valence-corrected chi connectivity index (χ4v) is 2.75. The number of imide groups is 1. The van der Waals surface area contributed by atoms with Crippen LogP contribution in [-0.2, 0) is 20.8 Å². The summed E-state index contributed by atoms with van der Waals surface area (Å²) in [4.78, 5) is 52.7. The molecule has 1 aliphatic heterocycles. The molecular weight excluding hydrogens is 366 g/mol. The number of fused-ring (bicyclic) bond motifs is 1. The fourth-order valence-electron chi connectivity index (χ4n) is 2.75. The van der Waals surface area contributed by atoms with Crippen LogP contribution in [0.3, 0.4) is 0 Å². The predicted molar refractivity (Wildman–Crippen MR) is 97.6 cm³/mol. The van der Waals surface area contributed by atoms with Crippen LogP contribution < -0.4 is 16.2 Å². The van der Waals surface area contributed by atoms with Crippen LogP contribution in [0.4, 0.5) is 4.79 Å². The van der Waals surface area contributed by atoms with Crippen LogP contribution >= 0.6 is 0 Å². The molecule has 1 aliphatic rings. The Morgan fingerprint density at radius 3 is 2.46 bits per heavy atom. The lowest BCUT2D eigenvalue weighted by Gasteiger charge is -2.15. The molecule has 148 valence electrons. The van der Waals surface area contributed by atoms with E-state index in [0.717, 1.165) is 10.4 Å². The molecule has 0 bridgehead atoms. The zero-order valence-corrected chi connectivity index (χ0v) is 15.6. The number of hydrogen-bond donors (Lipinski definition) is 3. The summed E-state index contributed by atoms with van der Waals surface area (Å²) in [6.45, 7) is 3.10. The second-order valence-corrected chi connectivity index (χ2v) is 6.93. The van der Waals surface area contributed by atoms with Crippen molar-refractivity contribution >= 4 is 34.9 Å². The van der Waals surface area contributed by atoms with Crippen molar-refractivity contribution in [3.05, 3.63) is 30.2 Å². The van der Waals surface area contributed by atoms with Gasteiger partial charge in [0.25, 0.3) is 5.91 Å². The molecule has 2 aromatic rings. The average Bonchev–Trinajstić information content (AvgIpc) is 3.14. The zero-order valence-electron chi connectivity index (χ0n) is 15.6. The molecule has 0 atom stereocenters. The highest BCUT2D eigenvalue weighted by atomic mass is 16.3. The van der Waals surface area contributed by atoms with Gasteiger partial charge in [-0.3, -0.25) is 30.1 Å². The first kappa shape index (κ1) is 19.3. The van der Waals surface area contributed by atoms with E-state index in [2.05, 4.69) is 21.2 Å². The molecule has 3 rings (SSSR count). The van der Waals surface area contributed by atoms with Gasteiger partial charge in [-0.25, -0.2) is 9.78 Å². The molecule has 1 saturated heterocycles. The van der Waals surface area contributed by atoms with Gasteiger partial charge >= 0.3 is 6.03 Å². The normalized spacial score (nSPS) is 15.6. The molecule has 10 nitrogen and oxygen atoms in total. The Hall–Kier alpha value is -3.43. The highest BCUT2D eigenvalue weighted by Crippen LogP contribution is 2.17. The van der Waals surface area contributed by atoms with Crippen LogP contribution in [0.5, 0.6) is 0 Å². The topological polar surface area (TPSA) is 134 Å². The van der Waals surface area contributed by atoms with E-state index in [1.165, 1.54) is 0 Å². The van der Waals surface area contributed by atoms with Gasteiger partial charge < -0.3 is 9.73 Å². The third-order valence-corrected chi connectivity index (χ3v) is 4.25. The molecule has 28 heavy (non-hydrogen) atoms. The lowest BCUT2D eigenvalue weighted by molar-refractivity contribution is -0.132. The van der Waals surface area contributed by atoms with Gasteiger partial charge in [-0.1, -0.05) is 12.1 Å². The van der Waals surface area contributed by atoms with E-state index in [4.69, 9.17) is 4.42 Å². The maximum absolute atomic E-state index is 12.0. The van der Waals surface area contributed by atoms with Crippen LogP contribution in [0.25, 0.3) is 11.1 Å². The lowest BCUT2D eigenvalue weighted by Crippen LogP contribution is -2.44. The second kappa shape index (κ2) is 7.67. The van der Waals surface area contributed by atoms with Gasteiger partial charge in [-0.2, -0.15) is 0 Å². The number of para-hydroxylation sites is 2. The quantitative estimate of drug-likeness (QED) is 0.492. The van der Waals surface area contributed by atoms with Crippen molar-refractivity contribution in [2.75, 3.05) is 6.54 Å². The zero-order chi connectivity index (χ0) is 20.3. The van der Waals surface area contributed by atoms with E-state index in [-0.39, 0.29) is 25.8 Å². The first-order chi connectivity index (χ1) is 13.3. The predicted octanol–water partition coefficient (Wildman–Crippen LogP) is 0.628. The summed E-state index contributed by atoms with van der Waals surface area (Å²) in [6, 6.07) is 6.75. The molecule has 3 N–H and O–H groups in total. The second-order valence-electron chi connectivity index (χ2n) is 6.93. The number of amides is 5. The largest absolute Gasteiger partial charge is 0.441 e. The molecule has 0 radical (unpaired) electrons. The number of hydrazine groups is 1. The average molecular weight is 387 g/mol. The van der Waals surface area contributed by atoms with Crippen LogP contribution in [0.2, 0.25) is 0 Å². The van der Waals surface area contributed by atoms with Gasteiger partial charge in [0.15, 0.2) is 11.5 Å². The van der Waals surface area contributed by atoms with Gasteiger partial charge in [0.2, 0.25) is 11.8 Å². The SMILES string of the molecule is CC1(C)NC(=O)N(CCC(=O)NNC(=O)CCc2nc3ccccc3o2)C1=O. The molecule has 10 heteroatoms. The lowest BCUT2D eigenvalue weighted by atomic mass is 10.1. The van der Waals surface area contributed by atoms with E-state index in [1.807, 2.05) is 18.2 Å². The minimum absolute atomic E-state index is 0.0707. The van der Waals surface area contributed by atoms with Crippen molar-refractivity contribution in [1.29, 1.82) is 0 Å². The van der Waals surface area contributed by atoms with Crippen LogP contribution in [0.1, 0.15) is 32.6 Å². The smallest absolute Gasteiger partial charge is 0.325 e. The van der Waals surface area contributed by atoms with E-state index in [9.17, 15) is 19.2 Å². The third-order valence-electron chi connectivity index (χ3n) is 4.25. The van der Waals surface area contributed by atoms with Gasteiger partial charge in [0, 0.05) is 25.8 Å². The summed E-state index contributed by atoms with van der Waals surface area (Å²) in [6.07, 6.45) is 0.239. The number of benzene rings is 1. The first-order valence-electron chi connectivity index (χ1n) is 8.82. The Morgan fingerprint density at radius 1 is 1.14 bits per heavy atom. The Bertz CT molecular complexity index is 902. The number of carbonyl (C=O) groups is 4. The number of aryl methyl sites for hydroxylation is 1. The standard InChI is InChI=1S/C18H21N5O5/c1-18(2)16(26)23(17(27)20-18)10-9-14(25)22-21-13(24)7-8-15-19-11-5-3-4-6-12(11)28-15/h3-6H,7-10H2,1-2H3,(H,20,27)(H,21,24)(H,22,25). The molecule has 1 fully saturated rings. The monoisotopic (exact) mass is 387 g/mol. The fraction of sp³-hybridized carbons (Fsp3) is 0.389. The Morgan fingerprint density at radius 2 is 1.82 bits per heavy atom. The maximum atomic E-state index is 12.0. The minimum atomic E-state index is -0.980. The van der Waals surface area contributed by atoms with Crippen LogP contribution in [-0.4, -0.2) is 45.7 Å². The summed E-state index contributed by atoms with van der Waals surface area (Å²) in [5, 5.41) is 2.53. The third kappa shape index (κ3) is 4.27. The summed E-state index contributed by atoms with van der Waals surface area (Å²) >= 11 is 0. The number of nitrogens with zero attached hydrogens (tertiary/aromatic N) is 2. The number of rotatable bonds is 6. The van der Waals surface area contributed by atoms with Crippen molar-refractivity contribution in [3.8, 4) is 0 Å². The Balaban J connectivity index is 1.39. The van der Waals surface area contributed by atoms with E-state index in [1.54, 1.807) is 19.9 Å². The Kier molecular flexibility index (Phi) is 5.30. The molecule has 1 aromatic heterocycles. The number of oxazole rings is 1. The molecular formula is C18H21N5O5. The molecule has 0 unspecified atom stereocenters. The molecule has 0 saturated carbocycles. The van der Waals surface area contributed by atoms with E-state index >= 15 is 0 Å². The molecule has 5 amide bonds.